The van der Waals surface area contributed by atoms with Crippen LogP contribution in [-0.2, 0) is 5.41 Å². The second-order valence-electron chi connectivity index (χ2n) is 11.7. The monoisotopic (exact) mass is 574 g/mol. The summed E-state index contributed by atoms with van der Waals surface area (Å²) in [7, 11) is 4.10. The van der Waals surface area contributed by atoms with Crippen LogP contribution >= 0.6 is 23.5 Å². The normalized spacial score (nSPS) is 20.1. The molecule has 6 rings (SSSR count). The molecule has 0 unspecified atom stereocenters. The van der Waals surface area contributed by atoms with E-state index in [2.05, 4.69) is 77.6 Å². The lowest BCUT2D eigenvalue weighted by molar-refractivity contribution is -0.498. The summed E-state index contributed by atoms with van der Waals surface area (Å²) in [5, 5.41) is 19.2. The number of likely N-dealkylation sites (N-methyl/N-ethyl adjacent to an activating group) is 2. The van der Waals surface area contributed by atoms with Gasteiger partial charge in [0.2, 0.25) is 0 Å². The van der Waals surface area contributed by atoms with Gasteiger partial charge in [-0.3, -0.25) is 0 Å². The van der Waals surface area contributed by atoms with Crippen molar-refractivity contribution < 1.29 is 14.8 Å². The van der Waals surface area contributed by atoms with Crippen LogP contribution in [0.5, 0.6) is 0 Å². The highest BCUT2D eigenvalue weighted by atomic mass is 32.2. The fourth-order valence-corrected chi connectivity index (χ4v) is 8.96. The molecule has 0 fully saturated rings. The SMILES string of the molecule is Cc1c(C2=C3C=C/C(=[N+](/C)CCO)C=C3C(C)(C)c3cc(N(C)CCO)ccc32)cc2c3c1SCCN3CCS2. The van der Waals surface area contributed by atoms with E-state index in [-0.39, 0.29) is 18.6 Å². The number of aliphatic hydroxyl groups is 2. The largest absolute Gasteiger partial charge is 0.395 e. The highest BCUT2D eigenvalue weighted by Gasteiger charge is 2.40. The van der Waals surface area contributed by atoms with Gasteiger partial charge in [-0.15, -0.1) is 23.5 Å². The molecule has 0 aromatic heterocycles. The van der Waals surface area contributed by atoms with Crippen molar-refractivity contribution in [2.75, 3.05) is 74.8 Å². The minimum absolute atomic E-state index is 0.126. The van der Waals surface area contributed by atoms with Crippen molar-refractivity contribution in [1.82, 2.24) is 0 Å². The van der Waals surface area contributed by atoms with Crippen LogP contribution in [0.3, 0.4) is 0 Å². The summed E-state index contributed by atoms with van der Waals surface area (Å²) in [5.41, 5.74) is 12.7. The summed E-state index contributed by atoms with van der Waals surface area (Å²) in [6, 6.07) is 9.32. The van der Waals surface area contributed by atoms with Crippen LogP contribution in [0.1, 0.15) is 36.1 Å². The van der Waals surface area contributed by atoms with Gasteiger partial charge in [-0.25, -0.2) is 4.58 Å². The van der Waals surface area contributed by atoms with Crippen molar-refractivity contribution in [3.8, 4) is 0 Å². The molecule has 2 aliphatic heterocycles. The maximum absolute atomic E-state index is 9.61. The van der Waals surface area contributed by atoms with E-state index in [0.29, 0.717) is 13.1 Å². The number of hydrogen-bond acceptors (Lipinski definition) is 6. The number of hydrogen-bond donors (Lipinski definition) is 2. The van der Waals surface area contributed by atoms with Gasteiger partial charge in [0.25, 0.3) is 0 Å². The van der Waals surface area contributed by atoms with Crippen LogP contribution in [0, 0.1) is 6.92 Å². The highest BCUT2D eigenvalue weighted by molar-refractivity contribution is 8.00. The number of aliphatic hydroxyl groups excluding tert-OH is 2. The van der Waals surface area contributed by atoms with Crippen molar-refractivity contribution in [1.29, 1.82) is 0 Å². The first-order valence-electron chi connectivity index (χ1n) is 14.3. The standard InChI is InChI=1S/C33H40N3O2S2/c1-21-26(20-29-31-32(21)40-17-13-36(31)12-16-39-29)30-24-8-6-22(34(4)10-14-37)18-27(24)33(2,3)28-19-23(7-9-25(28)30)35(5)11-15-38/h6-9,18-20,37-38H,10-17H2,1-5H3/q+1. The smallest absolute Gasteiger partial charge is 0.200 e. The fourth-order valence-electron chi connectivity index (χ4n) is 6.57. The third kappa shape index (κ3) is 4.46. The number of allylic oxidation sites excluding steroid dienone is 5. The lowest BCUT2D eigenvalue weighted by Crippen LogP contribution is -2.34. The molecule has 210 valence electrons. The summed E-state index contributed by atoms with van der Waals surface area (Å²) in [4.78, 5) is 7.59. The Labute approximate surface area is 247 Å². The van der Waals surface area contributed by atoms with Crippen molar-refractivity contribution in [2.45, 2.75) is 36.0 Å². The molecular weight excluding hydrogens is 535 g/mol. The predicted molar refractivity (Wildman–Crippen MR) is 171 cm³/mol. The fraction of sp³-hybridized carbons (Fsp3) is 0.424. The Morgan fingerprint density at radius 1 is 1.02 bits per heavy atom. The first kappa shape index (κ1) is 27.7. The number of fused-ring (bicyclic) bond motifs is 2. The zero-order chi connectivity index (χ0) is 28.2. The topological polar surface area (TPSA) is 50.0 Å². The molecule has 40 heavy (non-hydrogen) atoms. The molecule has 2 heterocycles. The van der Waals surface area contributed by atoms with E-state index in [1.54, 1.807) is 0 Å². The van der Waals surface area contributed by atoms with Crippen molar-refractivity contribution in [2.24, 2.45) is 0 Å². The number of anilines is 2. The lowest BCUT2D eigenvalue weighted by atomic mass is 9.64. The van der Waals surface area contributed by atoms with Gasteiger partial charge in [-0.05, 0) is 70.2 Å². The average Bonchev–Trinajstić information content (AvgIpc) is 2.95. The van der Waals surface area contributed by atoms with Crippen LogP contribution in [0.2, 0.25) is 0 Å². The van der Waals surface area contributed by atoms with Crippen LogP contribution in [0.25, 0.3) is 5.57 Å². The van der Waals surface area contributed by atoms with Gasteiger partial charge >= 0.3 is 0 Å². The molecule has 0 saturated carbocycles. The number of nitrogens with zero attached hydrogens (tertiary/aromatic N) is 3. The zero-order valence-corrected chi connectivity index (χ0v) is 25.9. The summed E-state index contributed by atoms with van der Waals surface area (Å²) in [6.45, 7) is 10.7. The van der Waals surface area contributed by atoms with E-state index in [1.165, 1.54) is 54.5 Å². The maximum Gasteiger partial charge on any atom is 0.200 e. The molecule has 2 aliphatic carbocycles. The van der Waals surface area contributed by atoms with Gasteiger partial charge in [0.1, 0.15) is 13.7 Å². The van der Waals surface area contributed by atoms with E-state index < -0.39 is 0 Å². The second kappa shape index (κ2) is 10.8. The third-order valence-electron chi connectivity index (χ3n) is 8.92. The van der Waals surface area contributed by atoms with E-state index in [1.807, 2.05) is 37.6 Å². The van der Waals surface area contributed by atoms with Crippen molar-refractivity contribution >= 4 is 46.2 Å². The highest BCUT2D eigenvalue weighted by Crippen LogP contribution is 2.54. The quantitative estimate of drug-likeness (QED) is 0.468. The van der Waals surface area contributed by atoms with Gasteiger partial charge in [-0.2, -0.15) is 0 Å². The lowest BCUT2D eigenvalue weighted by Gasteiger charge is -2.41. The Balaban J connectivity index is 1.63. The Hall–Kier alpha value is -2.45. The third-order valence-corrected chi connectivity index (χ3v) is 11.1. The number of thioether (sulfide) groups is 2. The van der Waals surface area contributed by atoms with Gasteiger partial charge in [-0.1, -0.05) is 19.9 Å². The van der Waals surface area contributed by atoms with Crippen LogP contribution in [0.15, 0.2) is 63.4 Å². The second-order valence-corrected chi connectivity index (χ2v) is 13.9. The van der Waals surface area contributed by atoms with Crippen LogP contribution in [0.4, 0.5) is 11.4 Å². The Morgan fingerprint density at radius 2 is 1.80 bits per heavy atom. The summed E-state index contributed by atoms with van der Waals surface area (Å²) < 4.78 is 2.13. The van der Waals surface area contributed by atoms with E-state index in [9.17, 15) is 10.2 Å². The van der Waals surface area contributed by atoms with Gasteiger partial charge < -0.3 is 20.0 Å². The van der Waals surface area contributed by atoms with Gasteiger partial charge in [0.05, 0.1) is 12.3 Å². The van der Waals surface area contributed by atoms with Crippen LogP contribution in [-0.4, -0.2) is 85.5 Å². The van der Waals surface area contributed by atoms with Crippen molar-refractivity contribution in [3.05, 3.63) is 75.9 Å². The predicted octanol–water partition coefficient (Wildman–Crippen LogP) is 5.11. The average molecular weight is 575 g/mol. The van der Waals surface area contributed by atoms with Crippen LogP contribution < -0.4 is 9.80 Å². The molecule has 2 aromatic carbocycles. The van der Waals surface area contributed by atoms with E-state index in [0.717, 1.165) is 36.0 Å². The van der Waals surface area contributed by atoms with Gasteiger partial charge in [0, 0.05) is 71.2 Å². The molecule has 0 radical (unpaired) electrons. The molecule has 0 amide bonds. The Kier molecular flexibility index (Phi) is 7.45. The Bertz CT molecular complexity index is 1500. The molecule has 5 nitrogen and oxygen atoms in total. The minimum Gasteiger partial charge on any atom is -0.395 e. The maximum atomic E-state index is 9.61. The summed E-state index contributed by atoms with van der Waals surface area (Å²) >= 11 is 4.02. The molecule has 0 saturated heterocycles. The molecule has 4 aliphatic rings. The molecule has 0 spiro atoms. The summed E-state index contributed by atoms with van der Waals surface area (Å²) in [6.07, 6.45) is 6.85. The first-order chi connectivity index (χ1) is 19.3. The van der Waals surface area contributed by atoms with Crippen molar-refractivity contribution in [3.63, 3.8) is 0 Å². The first-order valence-corrected chi connectivity index (χ1v) is 16.2. The molecular formula is C33H40N3O2S2+. The van der Waals surface area contributed by atoms with Gasteiger partial charge in [0.15, 0.2) is 12.3 Å². The molecule has 7 heteroatoms. The van der Waals surface area contributed by atoms with E-state index >= 15 is 0 Å². The summed E-state index contributed by atoms with van der Waals surface area (Å²) in [5.74, 6) is 2.27. The molecule has 0 atom stereocenters. The number of benzene rings is 2. The minimum atomic E-state index is -0.225. The molecule has 2 N–H and O–H groups in total. The Morgan fingerprint density at radius 3 is 2.55 bits per heavy atom. The molecule has 0 bridgehead atoms. The molecule has 2 aromatic rings. The zero-order valence-electron chi connectivity index (χ0n) is 24.3. The van der Waals surface area contributed by atoms with E-state index in [4.69, 9.17) is 0 Å². The number of rotatable bonds is 6.